The summed E-state index contributed by atoms with van der Waals surface area (Å²) in [4.78, 5) is 12.6. The quantitative estimate of drug-likeness (QED) is 0.742. The number of aromatic nitrogens is 3. The summed E-state index contributed by atoms with van der Waals surface area (Å²) in [5.74, 6) is 2.38. The SMILES string of the molecule is Nc1nc(NC2CC2)nc(C2CC2)n1. The maximum atomic E-state index is 5.62. The average Bonchev–Trinajstić information content (AvgIpc) is 2.99. The summed E-state index contributed by atoms with van der Waals surface area (Å²) in [6.45, 7) is 0. The predicted molar refractivity (Wildman–Crippen MR) is 52.9 cm³/mol. The highest BCUT2D eigenvalue weighted by atomic mass is 15.2. The van der Waals surface area contributed by atoms with Crippen molar-refractivity contribution in [3.05, 3.63) is 5.82 Å². The van der Waals surface area contributed by atoms with Crippen LogP contribution < -0.4 is 11.1 Å². The summed E-state index contributed by atoms with van der Waals surface area (Å²) in [6.07, 6.45) is 4.80. The smallest absolute Gasteiger partial charge is 0.227 e. The third kappa shape index (κ3) is 1.62. The second kappa shape index (κ2) is 2.80. The van der Waals surface area contributed by atoms with Crippen LogP contribution in [-0.2, 0) is 0 Å². The lowest BCUT2D eigenvalue weighted by atomic mass is 10.4. The van der Waals surface area contributed by atoms with Crippen LogP contribution in [-0.4, -0.2) is 21.0 Å². The van der Waals surface area contributed by atoms with Crippen LogP contribution in [0.2, 0.25) is 0 Å². The molecule has 0 aromatic carbocycles. The van der Waals surface area contributed by atoms with Crippen LogP contribution >= 0.6 is 0 Å². The first-order valence-corrected chi connectivity index (χ1v) is 5.09. The van der Waals surface area contributed by atoms with Gasteiger partial charge in [0, 0.05) is 12.0 Å². The van der Waals surface area contributed by atoms with E-state index in [0.717, 1.165) is 5.82 Å². The van der Waals surface area contributed by atoms with Gasteiger partial charge in [-0.05, 0) is 25.7 Å². The number of nitrogen functional groups attached to an aromatic ring is 1. The molecule has 0 spiro atoms. The maximum absolute atomic E-state index is 5.62. The second-order valence-electron chi connectivity index (χ2n) is 4.07. The summed E-state index contributed by atoms with van der Waals surface area (Å²) in [5.41, 5.74) is 5.62. The largest absolute Gasteiger partial charge is 0.368 e. The summed E-state index contributed by atoms with van der Waals surface area (Å²) < 4.78 is 0. The first kappa shape index (κ1) is 7.96. The third-order valence-corrected chi connectivity index (χ3v) is 2.52. The molecule has 0 radical (unpaired) electrons. The highest BCUT2D eigenvalue weighted by Gasteiger charge is 2.28. The van der Waals surface area contributed by atoms with Gasteiger partial charge in [-0.1, -0.05) is 0 Å². The van der Waals surface area contributed by atoms with E-state index in [2.05, 4.69) is 20.3 Å². The van der Waals surface area contributed by atoms with Gasteiger partial charge in [-0.2, -0.15) is 15.0 Å². The maximum Gasteiger partial charge on any atom is 0.227 e. The highest BCUT2D eigenvalue weighted by Crippen LogP contribution is 2.38. The number of hydrogen-bond acceptors (Lipinski definition) is 5. The van der Waals surface area contributed by atoms with E-state index in [1.165, 1.54) is 25.7 Å². The molecule has 0 saturated heterocycles. The fourth-order valence-corrected chi connectivity index (χ4v) is 1.41. The normalized spacial score (nSPS) is 20.9. The highest BCUT2D eigenvalue weighted by molar-refractivity contribution is 5.34. The molecule has 5 heteroatoms. The molecule has 0 unspecified atom stereocenters. The molecule has 1 aromatic rings. The molecular weight excluding hydrogens is 178 g/mol. The minimum Gasteiger partial charge on any atom is -0.368 e. The molecule has 2 fully saturated rings. The van der Waals surface area contributed by atoms with Crippen molar-refractivity contribution in [2.24, 2.45) is 0 Å². The van der Waals surface area contributed by atoms with Gasteiger partial charge in [0.1, 0.15) is 5.82 Å². The van der Waals surface area contributed by atoms with Crippen molar-refractivity contribution in [1.82, 2.24) is 15.0 Å². The molecule has 5 nitrogen and oxygen atoms in total. The molecule has 1 aromatic heterocycles. The van der Waals surface area contributed by atoms with Gasteiger partial charge in [-0.15, -0.1) is 0 Å². The van der Waals surface area contributed by atoms with Gasteiger partial charge >= 0.3 is 0 Å². The number of hydrogen-bond donors (Lipinski definition) is 2. The van der Waals surface area contributed by atoms with Crippen LogP contribution in [0.1, 0.15) is 37.4 Å². The molecule has 14 heavy (non-hydrogen) atoms. The lowest BCUT2D eigenvalue weighted by Gasteiger charge is -2.04. The summed E-state index contributed by atoms with van der Waals surface area (Å²) in [5, 5.41) is 3.24. The van der Waals surface area contributed by atoms with Gasteiger partial charge < -0.3 is 11.1 Å². The topological polar surface area (TPSA) is 76.7 Å². The van der Waals surface area contributed by atoms with Gasteiger partial charge in [-0.25, -0.2) is 0 Å². The molecule has 2 aliphatic carbocycles. The zero-order chi connectivity index (χ0) is 9.54. The van der Waals surface area contributed by atoms with Gasteiger partial charge in [0.05, 0.1) is 0 Å². The Balaban J connectivity index is 1.85. The Labute approximate surface area is 82.2 Å². The van der Waals surface area contributed by atoms with Gasteiger partial charge in [0.15, 0.2) is 0 Å². The van der Waals surface area contributed by atoms with Crippen LogP contribution in [0.5, 0.6) is 0 Å². The Kier molecular flexibility index (Phi) is 1.59. The van der Waals surface area contributed by atoms with Crippen molar-refractivity contribution in [2.45, 2.75) is 37.6 Å². The first-order valence-electron chi connectivity index (χ1n) is 5.09. The Hall–Kier alpha value is -1.39. The molecule has 2 aliphatic rings. The minimum atomic E-state index is 0.338. The zero-order valence-corrected chi connectivity index (χ0v) is 7.90. The average molecular weight is 191 g/mol. The predicted octanol–water partition coefficient (Wildman–Crippen LogP) is 0.905. The second-order valence-corrected chi connectivity index (χ2v) is 4.07. The number of anilines is 2. The summed E-state index contributed by atoms with van der Waals surface area (Å²) in [7, 11) is 0. The van der Waals surface area contributed by atoms with E-state index < -0.39 is 0 Å². The molecule has 1 heterocycles. The summed E-state index contributed by atoms with van der Waals surface area (Å²) in [6, 6.07) is 0.559. The molecule has 2 saturated carbocycles. The molecule has 0 atom stereocenters. The van der Waals surface area contributed by atoms with E-state index >= 15 is 0 Å². The van der Waals surface area contributed by atoms with Gasteiger partial charge in [0.25, 0.3) is 0 Å². The minimum absolute atomic E-state index is 0.338. The monoisotopic (exact) mass is 191 g/mol. The van der Waals surface area contributed by atoms with E-state index in [0.29, 0.717) is 23.9 Å². The van der Waals surface area contributed by atoms with Crippen molar-refractivity contribution in [2.75, 3.05) is 11.1 Å². The number of nitrogens with zero attached hydrogens (tertiary/aromatic N) is 3. The number of nitrogens with two attached hydrogens (primary N) is 1. The molecule has 0 bridgehead atoms. The van der Waals surface area contributed by atoms with Crippen molar-refractivity contribution >= 4 is 11.9 Å². The van der Waals surface area contributed by atoms with E-state index in [4.69, 9.17) is 5.73 Å². The van der Waals surface area contributed by atoms with Gasteiger partial charge in [-0.3, -0.25) is 0 Å². The van der Waals surface area contributed by atoms with E-state index in [1.54, 1.807) is 0 Å². The Morgan fingerprint density at radius 3 is 2.50 bits per heavy atom. The standard InChI is InChI=1S/C9H13N5/c10-8-12-7(5-1-2-5)13-9(14-8)11-6-3-4-6/h5-6H,1-4H2,(H3,10,11,12,13,14). The molecular formula is C9H13N5. The van der Waals surface area contributed by atoms with Gasteiger partial charge in [0.2, 0.25) is 11.9 Å². The number of rotatable bonds is 3. The van der Waals surface area contributed by atoms with Crippen LogP contribution in [0.3, 0.4) is 0 Å². The van der Waals surface area contributed by atoms with Crippen molar-refractivity contribution in [3.63, 3.8) is 0 Å². The van der Waals surface area contributed by atoms with E-state index in [1.807, 2.05) is 0 Å². The summed E-state index contributed by atoms with van der Waals surface area (Å²) >= 11 is 0. The van der Waals surface area contributed by atoms with Crippen LogP contribution in [0.25, 0.3) is 0 Å². The Morgan fingerprint density at radius 1 is 1.07 bits per heavy atom. The van der Waals surface area contributed by atoms with E-state index in [-0.39, 0.29) is 0 Å². The van der Waals surface area contributed by atoms with E-state index in [9.17, 15) is 0 Å². The first-order chi connectivity index (χ1) is 6.81. The zero-order valence-electron chi connectivity index (χ0n) is 7.90. The van der Waals surface area contributed by atoms with Crippen molar-refractivity contribution in [3.8, 4) is 0 Å². The molecule has 3 N–H and O–H groups in total. The van der Waals surface area contributed by atoms with Crippen molar-refractivity contribution < 1.29 is 0 Å². The number of nitrogens with one attached hydrogen (secondary N) is 1. The lowest BCUT2D eigenvalue weighted by molar-refractivity contribution is 0.889. The fourth-order valence-electron chi connectivity index (χ4n) is 1.41. The van der Waals surface area contributed by atoms with Crippen LogP contribution in [0.4, 0.5) is 11.9 Å². The molecule has 0 amide bonds. The fraction of sp³-hybridized carbons (Fsp3) is 0.667. The Bertz CT molecular complexity index is 356. The molecule has 3 rings (SSSR count). The van der Waals surface area contributed by atoms with Crippen molar-refractivity contribution in [1.29, 1.82) is 0 Å². The molecule has 0 aliphatic heterocycles. The molecule has 74 valence electrons. The van der Waals surface area contributed by atoms with Crippen LogP contribution in [0.15, 0.2) is 0 Å². The third-order valence-electron chi connectivity index (χ3n) is 2.52. The lowest BCUT2D eigenvalue weighted by Crippen LogP contribution is -2.10. The van der Waals surface area contributed by atoms with Crippen LogP contribution in [0, 0.1) is 0 Å². The Morgan fingerprint density at radius 2 is 1.86 bits per heavy atom.